The van der Waals surface area contributed by atoms with Crippen LogP contribution in [0.15, 0.2) is 42.6 Å². The average molecular weight is 330 g/mol. The van der Waals surface area contributed by atoms with Gasteiger partial charge in [0.1, 0.15) is 0 Å². The van der Waals surface area contributed by atoms with Gasteiger partial charge in [-0.15, -0.1) is 0 Å². The zero-order valence-corrected chi connectivity index (χ0v) is 14.5. The maximum atomic E-state index is 11.9. The summed E-state index contributed by atoms with van der Waals surface area (Å²) in [5.41, 5.74) is 4.41. The minimum atomic E-state index is -3.19. The van der Waals surface area contributed by atoms with Gasteiger partial charge in [0.2, 0.25) is 10.0 Å². The molecule has 1 aromatic heterocycles. The number of aromatic nitrogens is 1. The van der Waals surface area contributed by atoms with E-state index in [1.807, 2.05) is 19.2 Å². The normalized spacial score (nSPS) is 20.7. The monoisotopic (exact) mass is 330 g/mol. The molecule has 0 spiro atoms. The first-order valence-corrected chi connectivity index (χ1v) is 9.45. The molecule has 4 nitrogen and oxygen atoms in total. The summed E-state index contributed by atoms with van der Waals surface area (Å²) in [5.74, 6) is 0.286. The van der Waals surface area contributed by atoms with Crippen molar-refractivity contribution in [3.05, 3.63) is 53.9 Å². The van der Waals surface area contributed by atoms with Crippen molar-refractivity contribution < 1.29 is 8.42 Å². The van der Waals surface area contributed by atoms with Crippen LogP contribution in [-0.2, 0) is 10.0 Å². The summed E-state index contributed by atoms with van der Waals surface area (Å²) >= 11 is 0. The molecule has 0 radical (unpaired) electrons. The maximum Gasteiger partial charge on any atom is 0.214 e. The van der Waals surface area contributed by atoms with Gasteiger partial charge in [0.25, 0.3) is 0 Å². The van der Waals surface area contributed by atoms with Crippen molar-refractivity contribution in [2.45, 2.75) is 44.4 Å². The van der Waals surface area contributed by atoms with Gasteiger partial charge in [0.05, 0.1) is 5.25 Å². The molecule has 1 N–H and O–H groups in total. The van der Waals surface area contributed by atoms with E-state index in [9.17, 15) is 8.42 Å². The molecule has 122 valence electrons. The number of rotatable bonds is 5. The molecule has 1 aliphatic carbocycles. The van der Waals surface area contributed by atoms with Crippen molar-refractivity contribution in [3.63, 3.8) is 0 Å². The van der Waals surface area contributed by atoms with Gasteiger partial charge in [-0.3, -0.25) is 4.98 Å². The molecule has 0 saturated heterocycles. The smallest absolute Gasteiger partial charge is 0.214 e. The Kier molecular flexibility index (Phi) is 4.25. The van der Waals surface area contributed by atoms with E-state index in [4.69, 9.17) is 0 Å². The Morgan fingerprint density at radius 3 is 2.30 bits per heavy atom. The number of aryl methyl sites for hydroxylation is 1. The van der Waals surface area contributed by atoms with E-state index in [0.29, 0.717) is 0 Å². The Bertz CT molecular complexity index is 781. The second-order valence-corrected chi connectivity index (χ2v) is 8.74. The predicted octanol–water partition coefficient (Wildman–Crippen LogP) is 3.24. The maximum absolute atomic E-state index is 11.9. The van der Waals surface area contributed by atoms with E-state index >= 15 is 0 Å². The van der Waals surface area contributed by atoms with Crippen LogP contribution < -0.4 is 4.72 Å². The lowest BCUT2D eigenvalue weighted by atomic mass is 10.0. The van der Waals surface area contributed by atoms with Gasteiger partial charge in [-0.2, -0.15) is 0 Å². The molecule has 0 bridgehead atoms. The summed E-state index contributed by atoms with van der Waals surface area (Å²) < 4.78 is 26.6. The summed E-state index contributed by atoms with van der Waals surface area (Å²) in [4.78, 5) is 4.32. The molecule has 1 aromatic carbocycles. The number of sulfonamides is 1. The fourth-order valence-electron chi connectivity index (χ4n) is 2.60. The van der Waals surface area contributed by atoms with Crippen LogP contribution in [0.25, 0.3) is 11.1 Å². The van der Waals surface area contributed by atoms with Gasteiger partial charge in [-0.25, -0.2) is 13.1 Å². The van der Waals surface area contributed by atoms with Crippen molar-refractivity contribution in [1.82, 2.24) is 9.71 Å². The summed E-state index contributed by atoms with van der Waals surface area (Å²) in [7, 11) is -3.19. The van der Waals surface area contributed by atoms with Gasteiger partial charge in [0, 0.05) is 29.4 Å². The second-order valence-electron chi connectivity index (χ2n) is 6.47. The number of hydrogen-bond acceptors (Lipinski definition) is 3. The Balaban J connectivity index is 1.69. The molecule has 1 fully saturated rings. The number of hydrogen-bond donors (Lipinski definition) is 1. The fraction of sp³-hybridized carbons (Fsp3) is 0.389. The molecule has 1 saturated carbocycles. The molecule has 3 rings (SSSR count). The topological polar surface area (TPSA) is 59.1 Å². The van der Waals surface area contributed by atoms with Crippen molar-refractivity contribution in [2.24, 2.45) is 0 Å². The van der Waals surface area contributed by atoms with Crippen molar-refractivity contribution in [1.29, 1.82) is 0 Å². The quantitative estimate of drug-likeness (QED) is 0.915. The highest BCUT2D eigenvalue weighted by Crippen LogP contribution is 2.41. The van der Waals surface area contributed by atoms with Crippen molar-refractivity contribution in [2.75, 3.05) is 0 Å². The molecule has 1 heterocycles. The Morgan fingerprint density at radius 2 is 1.74 bits per heavy atom. The van der Waals surface area contributed by atoms with Crippen LogP contribution in [0.4, 0.5) is 0 Å². The summed E-state index contributed by atoms with van der Waals surface area (Å²) in [5, 5.41) is -0.389. The first-order valence-electron chi connectivity index (χ1n) is 7.91. The van der Waals surface area contributed by atoms with Crippen LogP contribution in [0.5, 0.6) is 0 Å². The molecule has 0 aliphatic heterocycles. The Hall–Kier alpha value is -1.72. The second kappa shape index (κ2) is 6.06. The van der Waals surface area contributed by atoms with Gasteiger partial charge in [-0.05, 0) is 44.4 Å². The first-order chi connectivity index (χ1) is 10.9. The van der Waals surface area contributed by atoms with Gasteiger partial charge in [-0.1, -0.05) is 30.3 Å². The van der Waals surface area contributed by atoms with Gasteiger partial charge >= 0.3 is 0 Å². The number of pyridine rings is 1. The zero-order valence-electron chi connectivity index (χ0n) is 13.7. The first kappa shape index (κ1) is 16.1. The van der Waals surface area contributed by atoms with Crippen LogP contribution >= 0.6 is 0 Å². The standard InChI is InChI=1S/C18H22N2O2S/c1-12(2)23(21,22)20-18-10-17(18)15-8-6-14(7-9-15)16-5-4-13(3)19-11-16/h4-9,11-12,17-18,20H,10H2,1-3H3/t17-,18+/m0/s1. The highest BCUT2D eigenvalue weighted by Gasteiger charge is 2.41. The number of nitrogens with one attached hydrogen (secondary N) is 1. The lowest BCUT2D eigenvalue weighted by molar-refractivity contribution is 0.571. The fourth-order valence-corrected chi connectivity index (χ4v) is 3.56. The Morgan fingerprint density at radius 1 is 1.09 bits per heavy atom. The molecular weight excluding hydrogens is 308 g/mol. The molecule has 23 heavy (non-hydrogen) atoms. The lowest BCUT2D eigenvalue weighted by Gasteiger charge is -2.09. The molecule has 2 aromatic rings. The lowest BCUT2D eigenvalue weighted by Crippen LogP contribution is -2.33. The van der Waals surface area contributed by atoms with Crippen LogP contribution in [0.2, 0.25) is 0 Å². The minimum Gasteiger partial charge on any atom is -0.261 e. The molecule has 5 heteroatoms. The molecule has 0 unspecified atom stereocenters. The van der Waals surface area contributed by atoms with E-state index in [-0.39, 0.29) is 17.2 Å². The summed E-state index contributed by atoms with van der Waals surface area (Å²) in [6, 6.07) is 12.4. The van der Waals surface area contributed by atoms with Crippen molar-refractivity contribution >= 4 is 10.0 Å². The summed E-state index contributed by atoms with van der Waals surface area (Å²) in [6.45, 7) is 5.37. The van der Waals surface area contributed by atoms with E-state index < -0.39 is 10.0 Å². The van der Waals surface area contributed by atoms with E-state index in [2.05, 4.69) is 40.0 Å². The van der Waals surface area contributed by atoms with Crippen LogP contribution in [0, 0.1) is 6.92 Å². The highest BCUT2D eigenvalue weighted by molar-refractivity contribution is 7.90. The molecule has 1 aliphatic rings. The third-order valence-electron chi connectivity index (χ3n) is 4.31. The molecule has 0 amide bonds. The summed E-state index contributed by atoms with van der Waals surface area (Å²) in [6.07, 6.45) is 2.75. The van der Waals surface area contributed by atoms with Crippen LogP contribution in [-0.4, -0.2) is 24.7 Å². The minimum absolute atomic E-state index is 0.0364. The van der Waals surface area contributed by atoms with E-state index in [0.717, 1.165) is 23.2 Å². The third kappa shape index (κ3) is 3.62. The van der Waals surface area contributed by atoms with E-state index in [1.54, 1.807) is 13.8 Å². The molecular formula is C18H22N2O2S. The van der Waals surface area contributed by atoms with Crippen LogP contribution in [0.3, 0.4) is 0 Å². The number of nitrogens with zero attached hydrogens (tertiary/aromatic N) is 1. The van der Waals surface area contributed by atoms with Crippen molar-refractivity contribution in [3.8, 4) is 11.1 Å². The SMILES string of the molecule is Cc1ccc(-c2ccc([C@@H]3C[C@H]3NS(=O)(=O)C(C)C)cc2)cn1. The van der Waals surface area contributed by atoms with Gasteiger partial charge in [0.15, 0.2) is 0 Å². The number of benzene rings is 1. The predicted molar refractivity (Wildman–Crippen MR) is 92.7 cm³/mol. The van der Waals surface area contributed by atoms with E-state index in [1.165, 1.54) is 5.56 Å². The Labute approximate surface area is 138 Å². The van der Waals surface area contributed by atoms with Gasteiger partial charge < -0.3 is 0 Å². The zero-order chi connectivity index (χ0) is 16.6. The molecule has 2 atom stereocenters. The third-order valence-corrected chi connectivity index (χ3v) is 6.18. The average Bonchev–Trinajstić information content (AvgIpc) is 3.26. The highest BCUT2D eigenvalue weighted by atomic mass is 32.2. The van der Waals surface area contributed by atoms with Crippen LogP contribution in [0.1, 0.15) is 37.4 Å². The largest absolute Gasteiger partial charge is 0.261 e.